The van der Waals surface area contributed by atoms with Crippen LogP contribution in [-0.4, -0.2) is 49.8 Å². The Bertz CT molecular complexity index is 742. The van der Waals surface area contributed by atoms with Crippen LogP contribution in [0.4, 0.5) is 10.2 Å². The van der Waals surface area contributed by atoms with Crippen LogP contribution < -0.4 is 5.73 Å². The Balaban J connectivity index is 2.01. The fourth-order valence-corrected chi connectivity index (χ4v) is 2.92. The first-order valence-corrected chi connectivity index (χ1v) is 7.02. The number of nitrogens with two attached hydrogens (primary N) is 1. The second-order valence-corrected chi connectivity index (χ2v) is 5.42. The van der Waals surface area contributed by atoms with Gasteiger partial charge in [0.25, 0.3) is 0 Å². The molecule has 7 nitrogen and oxygen atoms in total. The van der Waals surface area contributed by atoms with Crippen molar-refractivity contribution in [2.75, 3.05) is 18.8 Å². The van der Waals surface area contributed by atoms with E-state index >= 15 is 0 Å². The van der Waals surface area contributed by atoms with Crippen molar-refractivity contribution in [2.45, 2.75) is 25.6 Å². The highest BCUT2D eigenvalue weighted by atomic mass is 19.1. The average Bonchev–Trinajstić information content (AvgIpc) is 2.84. The predicted molar refractivity (Wildman–Crippen MR) is 79.8 cm³/mol. The van der Waals surface area contributed by atoms with E-state index < -0.39 is 6.17 Å². The minimum atomic E-state index is -1.11. The Morgan fingerprint density at radius 3 is 3.00 bits per heavy atom. The van der Waals surface area contributed by atoms with E-state index in [2.05, 4.69) is 21.6 Å². The molecule has 1 aliphatic rings. The highest BCUT2D eigenvalue weighted by Crippen LogP contribution is 2.29. The number of nitrogens with zero attached hydrogens (tertiary/aromatic N) is 5. The molecule has 0 saturated carbocycles. The first-order valence-electron chi connectivity index (χ1n) is 7.02. The summed E-state index contributed by atoms with van der Waals surface area (Å²) in [5.74, 6) is 0.0649. The van der Waals surface area contributed by atoms with Gasteiger partial charge in [0.05, 0.1) is 23.7 Å². The maximum Gasteiger partial charge on any atom is 0.246 e. The van der Waals surface area contributed by atoms with Crippen molar-refractivity contribution in [3.8, 4) is 0 Å². The molecule has 2 aromatic heterocycles. The molecule has 8 heteroatoms. The maximum absolute atomic E-state index is 14.0. The summed E-state index contributed by atoms with van der Waals surface area (Å²) in [6, 6.07) is -0.293. The number of piperidine rings is 1. The number of hydrogen-bond acceptors (Lipinski definition) is 5. The maximum atomic E-state index is 14.0. The van der Waals surface area contributed by atoms with Gasteiger partial charge in [-0.15, -0.1) is 0 Å². The Morgan fingerprint density at radius 1 is 1.50 bits per heavy atom. The van der Waals surface area contributed by atoms with Crippen LogP contribution in [0.5, 0.6) is 0 Å². The Labute approximate surface area is 126 Å². The fraction of sp³-hybridized carbons (Fsp3) is 0.429. The minimum Gasteiger partial charge on any atom is -0.383 e. The van der Waals surface area contributed by atoms with Crippen LogP contribution in [0.25, 0.3) is 11.0 Å². The van der Waals surface area contributed by atoms with Gasteiger partial charge in [0.2, 0.25) is 5.91 Å². The highest BCUT2D eigenvalue weighted by molar-refractivity contribution is 5.88. The van der Waals surface area contributed by atoms with Gasteiger partial charge in [-0.05, 0) is 13.0 Å². The first kappa shape index (κ1) is 14.4. The van der Waals surface area contributed by atoms with Gasteiger partial charge in [-0.25, -0.2) is 19.0 Å². The third-order valence-electron chi connectivity index (χ3n) is 3.90. The van der Waals surface area contributed by atoms with Crippen LogP contribution in [0.1, 0.15) is 18.2 Å². The van der Waals surface area contributed by atoms with E-state index in [1.165, 1.54) is 17.3 Å². The number of nitrogen functional groups attached to an aromatic ring is 1. The largest absolute Gasteiger partial charge is 0.383 e. The monoisotopic (exact) mass is 304 g/mol. The molecule has 22 heavy (non-hydrogen) atoms. The lowest BCUT2D eigenvalue weighted by Gasteiger charge is -2.34. The Morgan fingerprint density at radius 2 is 2.27 bits per heavy atom. The average molecular weight is 304 g/mol. The zero-order chi connectivity index (χ0) is 15.9. The Kier molecular flexibility index (Phi) is 3.51. The quantitative estimate of drug-likeness (QED) is 0.836. The molecule has 0 aliphatic carbocycles. The molecule has 116 valence electrons. The van der Waals surface area contributed by atoms with Gasteiger partial charge >= 0.3 is 0 Å². The van der Waals surface area contributed by atoms with E-state index in [0.717, 1.165) is 0 Å². The standard InChI is InChI=1S/C14H17FN6O/c1-3-11(22)20-5-9(15)4-10(6-20)21-14-12(8(2)19-21)13(16)17-7-18-14/h3,7,9-10H,1,4-6H2,2H3,(H2,16,17,18)/t9?,10-/m1/s1. The zero-order valence-corrected chi connectivity index (χ0v) is 12.2. The van der Waals surface area contributed by atoms with E-state index in [4.69, 9.17) is 5.73 Å². The number of amides is 1. The second-order valence-electron chi connectivity index (χ2n) is 5.42. The molecule has 1 fully saturated rings. The summed E-state index contributed by atoms with van der Waals surface area (Å²) in [7, 11) is 0. The lowest BCUT2D eigenvalue weighted by atomic mass is 10.0. The van der Waals surface area contributed by atoms with Crippen LogP contribution in [-0.2, 0) is 4.79 Å². The van der Waals surface area contributed by atoms with Crippen LogP contribution in [0.2, 0.25) is 0 Å². The van der Waals surface area contributed by atoms with Crippen molar-refractivity contribution in [1.29, 1.82) is 0 Å². The molecule has 3 rings (SSSR count). The molecule has 0 spiro atoms. The van der Waals surface area contributed by atoms with Crippen molar-refractivity contribution in [1.82, 2.24) is 24.6 Å². The molecule has 1 saturated heterocycles. The number of likely N-dealkylation sites (tertiary alicyclic amines) is 1. The second kappa shape index (κ2) is 5.36. The SMILES string of the molecule is C=CC(=O)N1CC(F)C[C@@H](n2nc(C)c3c(N)ncnc32)C1. The van der Waals surface area contributed by atoms with E-state index in [9.17, 15) is 9.18 Å². The Hall–Kier alpha value is -2.51. The molecule has 0 aromatic carbocycles. The van der Waals surface area contributed by atoms with Crippen molar-refractivity contribution >= 4 is 22.8 Å². The summed E-state index contributed by atoms with van der Waals surface area (Å²) < 4.78 is 15.7. The summed E-state index contributed by atoms with van der Waals surface area (Å²) in [6.45, 7) is 5.70. The summed E-state index contributed by atoms with van der Waals surface area (Å²) in [6.07, 6.45) is 1.72. The summed E-state index contributed by atoms with van der Waals surface area (Å²) >= 11 is 0. The number of fused-ring (bicyclic) bond motifs is 1. The van der Waals surface area contributed by atoms with Gasteiger partial charge in [0, 0.05) is 13.0 Å². The fourth-order valence-electron chi connectivity index (χ4n) is 2.92. The number of rotatable bonds is 2. The molecule has 2 atom stereocenters. The molecule has 0 bridgehead atoms. The van der Waals surface area contributed by atoms with Gasteiger partial charge < -0.3 is 10.6 Å². The first-order chi connectivity index (χ1) is 10.5. The molecule has 2 aromatic rings. The van der Waals surface area contributed by atoms with E-state index in [0.29, 0.717) is 29.1 Å². The van der Waals surface area contributed by atoms with Crippen molar-refractivity contribution in [2.24, 2.45) is 0 Å². The highest BCUT2D eigenvalue weighted by Gasteiger charge is 2.32. The number of carbonyl (C=O) groups excluding carboxylic acids is 1. The molecule has 2 N–H and O–H groups in total. The number of aryl methyl sites for hydroxylation is 1. The molecular weight excluding hydrogens is 287 g/mol. The topological polar surface area (TPSA) is 89.9 Å². The minimum absolute atomic E-state index is 0.0800. The number of anilines is 1. The lowest BCUT2D eigenvalue weighted by molar-refractivity contribution is -0.129. The number of carbonyl (C=O) groups is 1. The smallest absolute Gasteiger partial charge is 0.246 e. The van der Waals surface area contributed by atoms with Crippen molar-refractivity contribution in [3.05, 3.63) is 24.7 Å². The lowest BCUT2D eigenvalue weighted by Crippen LogP contribution is -2.45. The third kappa shape index (κ3) is 2.30. The van der Waals surface area contributed by atoms with Gasteiger partial charge in [-0.3, -0.25) is 4.79 Å². The van der Waals surface area contributed by atoms with Crippen LogP contribution in [0, 0.1) is 6.92 Å². The molecule has 1 unspecified atom stereocenters. The predicted octanol–water partition coefficient (Wildman–Crippen LogP) is 1.01. The molecule has 0 radical (unpaired) electrons. The summed E-state index contributed by atoms with van der Waals surface area (Å²) in [5, 5.41) is 5.10. The normalized spacial score (nSPS) is 22.0. The number of halogens is 1. The van der Waals surface area contributed by atoms with Crippen molar-refractivity contribution < 1.29 is 9.18 Å². The van der Waals surface area contributed by atoms with Gasteiger partial charge in [-0.1, -0.05) is 6.58 Å². The van der Waals surface area contributed by atoms with Gasteiger partial charge in [0.1, 0.15) is 18.3 Å². The van der Waals surface area contributed by atoms with Gasteiger partial charge in [-0.2, -0.15) is 5.10 Å². The van der Waals surface area contributed by atoms with Gasteiger partial charge in [0.15, 0.2) is 5.65 Å². The van der Waals surface area contributed by atoms with E-state index in [-0.39, 0.29) is 24.9 Å². The van der Waals surface area contributed by atoms with E-state index in [1.807, 2.05) is 0 Å². The molecule has 1 amide bonds. The van der Waals surface area contributed by atoms with E-state index in [1.54, 1.807) is 11.6 Å². The summed E-state index contributed by atoms with van der Waals surface area (Å²) in [4.78, 5) is 21.4. The number of hydrogen-bond donors (Lipinski definition) is 1. The zero-order valence-electron chi connectivity index (χ0n) is 12.2. The third-order valence-corrected chi connectivity index (χ3v) is 3.90. The number of aromatic nitrogens is 4. The number of alkyl halides is 1. The molecular formula is C14H17FN6O. The summed E-state index contributed by atoms with van der Waals surface area (Å²) in [5.41, 5.74) is 7.12. The van der Waals surface area contributed by atoms with Crippen LogP contribution in [0.15, 0.2) is 19.0 Å². The molecule has 3 heterocycles. The van der Waals surface area contributed by atoms with Crippen LogP contribution >= 0.6 is 0 Å². The molecule has 1 aliphatic heterocycles. The van der Waals surface area contributed by atoms with Crippen LogP contribution in [0.3, 0.4) is 0 Å². The van der Waals surface area contributed by atoms with Crippen molar-refractivity contribution in [3.63, 3.8) is 0 Å².